The molecular weight excluding hydrogens is 376 g/mol. The molecule has 4 rings (SSSR count). The predicted molar refractivity (Wildman–Crippen MR) is 105 cm³/mol. The average molecular weight is 393 g/mol. The van der Waals surface area contributed by atoms with Crippen LogP contribution in [0.3, 0.4) is 0 Å². The van der Waals surface area contributed by atoms with E-state index in [0.717, 1.165) is 31.7 Å². The van der Waals surface area contributed by atoms with Crippen molar-refractivity contribution >= 4 is 27.3 Å². The third kappa shape index (κ3) is 3.05. The monoisotopic (exact) mass is 392 g/mol. The molecule has 0 aromatic heterocycles. The number of anilines is 1. The van der Waals surface area contributed by atoms with Gasteiger partial charge in [-0.05, 0) is 36.4 Å². The van der Waals surface area contributed by atoms with Gasteiger partial charge in [-0.2, -0.15) is 4.74 Å². The maximum Gasteiger partial charge on any atom is 0.266 e. The molecular formula is C21H17BrN2O. The Morgan fingerprint density at radius 2 is 1.44 bits per heavy atom. The summed E-state index contributed by atoms with van der Waals surface area (Å²) in [6.07, 6.45) is -0.363. The van der Waals surface area contributed by atoms with Crippen molar-refractivity contribution in [1.82, 2.24) is 0 Å². The van der Waals surface area contributed by atoms with E-state index in [4.69, 9.17) is 0 Å². The second kappa shape index (κ2) is 6.73. The second-order valence-electron chi connectivity index (χ2n) is 6.03. The summed E-state index contributed by atoms with van der Waals surface area (Å²) in [6, 6.07) is 27.9. The normalized spacial score (nSPS) is 17.2. The molecule has 1 aliphatic heterocycles. The maximum atomic E-state index is 13.2. The van der Waals surface area contributed by atoms with Crippen LogP contribution in [-0.2, 0) is 0 Å². The second-order valence-corrected chi connectivity index (χ2v) is 6.94. The molecule has 3 aromatic carbocycles. The first-order valence-electron chi connectivity index (χ1n) is 8.19. The van der Waals surface area contributed by atoms with E-state index in [1.165, 1.54) is 0 Å². The highest BCUT2D eigenvalue weighted by molar-refractivity contribution is 9.10. The first-order valence-corrected chi connectivity index (χ1v) is 8.98. The van der Waals surface area contributed by atoms with Crippen LogP contribution in [0.25, 0.3) is 0 Å². The molecule has 0 spiro atoms. The van der Waals surface area contributed by atoms with Gasteiger partial charge in [-0.25, -0.2) is 0 Å². The zero-order chi connectivity index (χ0) is 17.2. The van der Waals surface area contributed by atoms with Gasteiger partial charge in [0.1, 0.15) is 6.54 Å². The minimum absolute atomic E-state index is 0.363. The van der Waals surface area contributed by atoms with Gasteiger partial charge < -0.3 is 5.21 Å². The largest absolute Gasteiger partial charge is 0.622 e. The van der Waals surface area contributed by atoms with Crippen LogP contribution in [0.4, 0.5) is 5.69 Å². The number of hydrogen-bond donors (Lipinski definition) is 0. The summed E-state index contributed by atoms with van der Waals surface area (Å²) in [7, 11) is 0. The number of hydrogen-bond acceptors (Lipinski definition) is 2. The number of hydroxylamine groups is 1. The lowest BCUT2D eigenvalue weighted by Gasteiger charge is -2.24. The lowest BCUT2D eigenvalue weighted by atomic mass is 10.1. The van der Waals surface area contributed by atoms with Crippen molar-refractivity contribution in [3.05, 3.63) is 106 Å². The fraction of sp³-hybridized carbons (Fsp3) is 0.0952. The molecule has 4 heteroatoms. The maximum absolute atomic E-state index is 13.2. The van der Waals surface area contributed by atoms with Crippen LogP contribution in [-0.4, -0.2) is 17.0 Å². The van der Waals surface area contributed by atoms with Crippen LogP contribution < -0.4 is 4.90 Å². The summed E-state index contributed by atoms with van der Waals surface area (Å²) in [4.78, 5) is 2.15. The molecule has 25 heavy (non-hydrogen) atoms. The fourth-order valence-electron chi connectivity index (χ4n) is 3.25. The highest BCUT2D eigenvalue weighted by atomic mass is 79.9. The molecule has 1 heterocycles. The molecule has 124 valence electrons. The zero-order valence-corrected chi connectivity index (χ0v) is 15.1. The number of halogens is 1. The van der Waals surface area contributed by atoms with Gasteiger partial charge in [0.25, 0.3) is 6.17 Å². The van der Waals surface area contributed by atoms with Crippen LogP contribution in [0.2, 0.25) is 0 Å². The van der Waals surface area contributed by atoms with Crippen LogP contribution in [0, 0.1) is 5.21 Å². The molecule has 0 amide bonds. The predicted octanol–water partition coefficient (Wildman–Crippen LogP) is 4.97. The summed E-state index contributed by atoms with van der Waals surface area (Å²) in [6.45, 7) is 0.578. The Morgan fingerprint density at radius 3 is 2.08 bits per heavy atom. The van der Waals surface area contributed by atoms with Gasteiger partial charge in [-0.15, -0.1) is 0 Å². The lowest BCUT2D eigenvalue weighted by molar-refractivity contribution is -0.497. The molecule has 0 aliphatic carbocycles. The van der Waals surface area contributed by atoms with Crippen molar-refractivity contribution in [3.8, 4) is 0 Å². The van der Waals surface area contributed by atoms with Gasteiger partial charge in [0.2, 0.25) is 5.71 Å². The Balaban J connectivity index is 1.81. The smallest absolute Gasteiger partial charge is 0.266 e. The molecule has 0 N–H and O–H groups in total. The van der Waals surface area contributed by atoms with E-state index >= 15 is 0 Å². The lowest BCUT2D eigenvalue weighted by Crippen LogP contribution is -2.28. The van der Waals surface area contributed by atoms with Crippen LogP contribution in [0.15, 0.2) is 89.4 Å². The summed E-state index contributed by atoms with van der Waals surface area (Å²) >= 11 is 3.48. The molecule has 3 nitrogen and oxygen atoms in total. The molecule has 1 aliphatic rings. The summed E-state index contributed by atoms with van der Waals surface area (Å²) in [5.41, 5.74) is 3.78. The van der Waals surface area contributed by atoms with E-state index in [1.807, 2.05) is 84.9 Å². The van der Waals surface area contributed by atoms with Crippen molar-refractivity contribution in [3.63, 3.8) is 0 Å². The topological polar surface area (TPSA) is 29.3 Å². The summed E-state index contributed by atoms with van der Waals surface area (Å²) in [5, 5.41) is 13.2. The van der Waals surface area contributed by atoms with Gasteiger partial charge in [0.15, 0.2) is 0 Å². The van der Waals surface area contributed by atoms with E-state index in [2.05, 4.69) is 20.8 Å². The first kappa shape index (κ1) is 15.9. The van der Waals surface area contributed by atoms with Crippen molar-refractivity contribution in [2.45, 2.75) is 6.17 Å². The molecule has 1 unspecified atom stereocenters. The van der Waals surface area contributed by atoms with E-state index < -0.39 is 0 Å². The molecule has 3 aromatic rings. The molecule has 0 radical (unpaired) electrons. The van der Waals surface area contributed by atoms with Crippen molar-refractivity contribution < 1.29 is 4.74 Å². The summed E-state index contributed by atoms with van der Waals surface area (Å²) in [5.74, 6) is 0. The van der Waals surface area contributed by atoms with Gasteiger partial charge in [0, 0.05) is 21.3 Å². The summed E-state index contributed by atoms with van der Waals surface area (Å²) < 4.78 is 2.17. The highest BCUT2D eigenvalue weighted by Crippen LogP contribution is 2.33. The van der Waals surface area contributed by atoms with Crippen LogP contribution in [0.1, 0.15) is 17.3 Å². The van der Waals surface area contributed by atoms with Crippen molar-refractivity contribution in [1.29, 1.82) is 0 Å². The van der Waals surface area contributed by atoms with E-state index in [0.29, 0.717) is 6.54 Å². The third-order valence-corrected chi connectivity index (χ3v) is 5.00. The van der Waals surface area contributed by atoms with Gasteiger partial charge in [-0.3, -0.25) is 4.90 Å². The van der Waals surface area contributed by atoms with E-state index in [9.17, 15) is 5.21 Å². The van der Waals surface area contributed by atoms with Crippen LogP contribution in [0.5, 0.6) is 0 Å². The number of nitrogens with zero attached hydrogens (tertiary/aromatic N) is 2. The Morgan fingerprint density at radius 1 is 0.840 bits per heavy atom. The Labute approximate surface area is 155 Å². The standard InChI is InChI=1S/C21H17BrN2O/c22-18-11-13-19(14-12-18)23-15-20(16-7-3-1-4-8-16)24(25)21(23)17-9-5-2-6-10-17/h1-14,21H,15H2. The Hall–Kier alpha value is -2.59. The van der Waals surface area contributed by atoms with E-state index in [1.54, 1.807) is 0 Å². The molecule has 0 fully saturated rings. The van der Waals surface area contributed by atoms with E-state index in [-0.39, 0.29) is 6.17 Å². The van der Waals surface area contributed by atoms with Crippen molar-refractivity contribution in [2.24, 2.45) is 0 Å². The molecule has 1 atom stereocenters. The third-order valence-electron chi connectivity index (χ3n) is 4.47. The SMILES string of the molecule is [O-][N+]1=C(c2ccccc2)CN(c2ccc(Br)cc2)C1c1ccccc1. The van der Waals surface area contributed by atoms with Gasteiger partial charge >= 0.3 is 0 Å². The van der Waals surface area contributed by atoms with Crippen LogP contribution >= 0.6 is 15.9 Å². The van der Waals surface area contributed by atoms with Gasteiger partial charge in [0.05, 0.1) is 0 Å². The number of benzene rings is 3. The first-order chi connectivity index (χ1) is 12.2. The highest BCUT2D eigenvalue weighted by Gasteiger charge is 2.38. The minimum Gasteiger partial charge on any atom is -0.622 e. The molecule has 0 saturated carbocycles. The average Bonchev–Trinajstić information content (AvgIpc) is 3.01. The zero-order valence-electron chi connectivity index (χ0n) is 13.5. The quantitative estimate of drug-likeness (QED) is 0.465. The molecule has 0 saturated heterocycles. The fourth-order valence-corrected chi connectivity index (χ4v) is 3.51. The van der Waals surface area contributed by atoms with Crippen molar-refractivity contribution in [2.75, 3.05) is 11.4 Å². The van der Waals surface area contributed by atoms with Gasteiger partial charge in [-0.1, -0.05) is 64.5 Å². The Kier molecular flexibility index (Phi) is 4.28. The minimum atomic E-state index is -0.363. The number of rotatable bonds is 3. The Bertz CT molecular complexity index is 892. The molecule has 0 bridgehead atoms.